The smallest absolute Gasteiger partial charge is 0.119 e. The second kappa shape index (κ2) is 5.32. The van der Waals surface area contributed by atoms with Crippen LogP contribution in [0.3, 0.4) is 0 Å². The van der Waals surface area contributed by atoms with Crippen molar-refractivity contribution in [1.82, 2.24) is 0 Å². The van der Waals surface area contributed by atoms with E-state index in [1.165, 1.54) is 0 Å². The van der Waals surface area contributed by atoms with Crippen LogP contribution in [0.15, 0.2) is 36.4 Å². The van der Waals surface area contributed by atoms with Gasteiger partial charge in [-0.1, -0.05) is 13.5 Å². The fourth-order valence-corrected chi connectivity index (χ4v) is 1.01. The van der Waals surface area contributed by atoms with Crippen LogP contribution in [0.1, 0.15) is 13.3 Å². The Bertz CT molecular complexity index is 290. The van der Waals surface area contributed by atoms with Crippen molar-refractivity contribution in [2.45, 2.75) is 13.3 Å². The molecule has 1 aromatic rings. The number of benzene rings is 1. The van der Waals surface area contributed by atoms with Gasteiger partial charge >= 0.3 is 0 Å². The standard InChI is InChI=1S/C12H17NO/c1-4-10(2)9-14-12-7-5-11(13-3)6-8-12/h5-8,13H,2,4,9H2,1,3H3. The predicted molar refractivity (Wildman–Crippen MR) is 60.9 cm³/mol. The van der Waals surface area contributed by atoms with Gasteiger partial charge in [-0.25, -0.2) is 0 Å². The van der Waals surface area contributed by atoms with Crippen molar-refractivity contribution >= 4 is 5.69 Å². The van der Waals surface area contributed by atoms with Crippen LogP contribution in [-0.4, -0.2) is 13.7 Å². The Balaban J connectivity index is 2.47. The maximum absolute atomic E-state index is 5.53. The molecule has 0 saturated heterocycles. The zero-order valence-electron chi connectivity index (χ0n) is 8.84. The van der Waals surface area contributed by atoms with Crippen molar-refractivity contribution in [3.05, 3.63) is 36.4 Å². The van der Waals surface area contributed by atoms with Crippen LogP contribution in [0.5, 0.6) is 5.75 Å². The SMILES string of the molecule is C=C(CC)COc1ccc(NC)cc1. The Labute approximate surface area is 85.6 Å². The van der Waals surface area contributed by atoms with Crippen molar-refractivity contribution in [2.75, 3.05) is 19.0 Å². The predicted octanol–water partition coefficient (Wildman–Crippen LogP) is 3.07. The molecule has 0 unspecified atom stereocenters. The summed E-state index contributed by atoms with van der Waals surface area (Å²) in [6.07, 6.45) is 0.967. The summed E-state index contributed by atoms with van der Waals surface area (Å²) in [6, 6.07) is 7.89. The fraction of sp³-hybridized carbons (Fsp3) is 0.333. The third-order valence-corrected chi connectivity index (χ3v) is 2.09. The summed E-state index contributed by atoms with van der Waals surface area (Å²) in [5.41, 5.74) is 2.20. The van der Waals surface area contributed by atoms with Crippen molar-refractivity contribution in [2.24, 2.45) is 0 Å². The van der Waals surface area contributed by atoms with Gasteiger partial charge in [0, 0.05) is 12.7 Å². The van der Waals surface area contributed by atoms with Crippen LogP contribution in [-0.2, 0) is 0 Å². The summed E-state index contributed by atoms with van der Waals surface area (Å²) >= 11 is 0. The summed E-state index contributed by atoms with van der Waals surface area (Å²) in [6.45, 7) is 6.57. The molecule has 0 heterocycles. The van der Waals surface area contributed by atoms with E-state index in [0.29, 0.717) is 6.61 Å². The first-order valence-corrected chi connectivity index (χ1v) is 4.83. The first-order chi connectivity index (χ1) is 6.76. The molecule has 0 bridgehead atoms. The van der Waals surface area contributed by atoms with Gasteiger partial charge in [-0.3, -0.25) is 0 Å². The molecule has 76 valence electrons. The minimum absolute atomic E-state index is 0.607. The van der Waals surface area contributed by atoms with E-state index >= 15 is 0 Å². The average Bonchev–Trinajstić information content (AvgIpc) is 2.26. The molecule has 0 aromatic heterocycles. The second-order valence-electron chi connectivity index (χ2n) is 3.17. The molecular weight excluding hydrogens is 174 g/mol. The molecule has 0 aliphatic rings. The largest absolute Gasteiger partial charge is 0.489 e. The first kappa shape index (κ1) is 10.6. The molecule has 0 aliphatic carbocycles. The lowest BCUT2D eigenvalue weighted by Gasteiger charge is -2.07. The van der Waals surface area contributed by atoms with Gasteiger partial charge in [0.15, 0.2) is 0 Å². The van der Waals surface area contributed by atoms with E-state index in [2.05, 4.69) is 18.8 Å². The van der Waals surface area contributed by atoms with Gasteiger partial charge < -0.3 is 10.1 Å². The molecular formula is C12H17NO. The molecule has 0 atom stereocenters. The first-order valence-electron chi connectivity index (χ1n) is 4.83. The molecule has 0 spiro atoms. The Morgan fingerprint density at radius 1 is 1.36 bits per heavy atom. The van der Waals surface area contributed by atoms with Crippen LogP contribution in [0.2, 0.25) is 0 Å². The third kappa shape index (κ3) is 3.13. The number of anilines is 1. The fourth-order valence-electron chi connectivity index (χ4n) is 1.01. The second-order valence-corrected chi connectivity index (χ2v) is 3.17. The molecule has 2 nitrogen and oxygen atoms in total. The van der Waals surface area contributed by atoms with Gasteiger partial charge in [0.1, 0.15) is 12.4 Å². The highest BCUT2D eigenvalue weighted by Gasteiger charge is 1.95. The molecule has 1 aromatic carbocycles. The van der Waals surface area contributed by atoms with Crippen molar-refractivity contribution < 1.29 is 4.74 Å². The average molecular weight is 191 g/mol. The van der Waals surface area contributed by atoms with E-state index in [1.54, 1.807) is 0 Å². The van der Waals surface area contributed by atoms with Gasteiger partial charge in [-0.15, -0.1) is 0 Å². The Morgan fingerprint density at radius 2 is 2.00 bits per heavy atom. The highest BCUT2D eigenvalue weighted by molar-refractivity contribution is 5.45. The number of hydrogen-bond donors (Lipinski definition) is 1. The van der Waals surface area contributed by atoms with Gasteiger partial charge in [-0.05, 0) is 36.3 Å². The van der Waals surface area contributed by atoms with E-state index in [1.807, 2.05) is 31.3 Å². The molecule has 14 heavy (non-hydrogen) atoms. The van der Waals surface area contributed by atoms with Crippen LogP contribution < -0.4 is 10.1 Å². The summed E-state index contributed by atoms with van der Waals surface area (Å²) in [5, 5.41) is 3.06. The quantitative estimate of drug-likeness (QED) is 0.722. The minimum atomic E-state index is 0.607. The molecule has 0 fully saturated rings. The van der Waals surface area contributed by atoms with Crippen molar-refractivity contribution in [3.8, 4) is 5.75 Å². The number of hydrogen-bond acceptors (Lipinski definition) is 2. The maximum atomic E-state index is 5.53. The van der Waals surface area contributed by atoms with Crippen molar-refractivity contribution in [1.29, 1.82) is 0 Å². The van der Waals surface area contributed by atoms with E-state index < -0.39 is 0 Å². The van der Waals surface area contributed by atoms with Gasteiger partial charge in [0.2, 0.25) is 0 Å². The highest BCUT2D eigenvalue weighted by Crippen LogP contribution is 2.15. The molecule has 1 N–H and O–H groups in total. The van der Waals surface area contributed by atoms with Crippen molar-refractivity contribution in [3.63, 3.8) is 0 Å². The van der Waals surface area contributed by atoms with Gasteiger partial charge in [0.05, 0.1) is 0 Å². The van der Waals surface area contributed by atoms with E-state index in [0.717, 1.165) is 23.4 Å². The zero-order chi connectivity index (χ0) is 10.4. The number of ether oxygens (including phenoxy) is 1. The Kier molecular flexibility index (Phi) is 4.05. The number of nitrogens with one attached hydrogen (secondary N) is 1. The summed E-state index contributed by atoms with van der Waals surface area (Å²) in [4.78, 5) is 0. The van der Waals surface area contributed by atoms with Crippen LogP contribution >= 0.6 is 0 Å². The maximum Gasteiger partial charge on any atom is 0.119 e. The van der Waals surface area contributed by atoms with Crippen LogP contribution in [0.25, 0.3) is 0 Å². The lowest BCUT2D eigenvalue weighted by atomic mass is 10.2. The lowest BCUT2D eigenvalue weighted by molar-refractivity contribution is 0.349. The number of rotatable bonds is 5. The summed E-state index contributed by atoms with van der Waals surface area (Å²) < 4.78 is 5.53. The third-order valence-electron chi connectivity index (χ3n) is 2.09. The molecule has 0 amide bonds. The molecule has 2 heteroatoms. The van der Waals surface area contributed by atoms with Crippen LogP contribution in [0, 0.1) is 0 Å². The van der Waals surface area contributed by atoms with E-state index in [-0.39, 0.29) is 0 Å². The van der Waals surface area contributed by atoms with Gasteiger partial charge in [-0.2, -0.15) is 0 Å². The minimum Gasteiger partial charge on any atom is -0.489 e. The highest BCUT2D eigenvalue weighted by atomic mass is 16.5. The molecule has 1 rings (SSSR count). The molecule has 0 saturated carbocycles. The monoisotopic (exact) mass is 191 g/mol. The Morgan fingerprint density at radius 3 is 2.50 bits per heavy atom. The molecule has 0 aliphatic heterocycles. The van der Waals surface area contributed by atoms with E-state index in [4.69, 9.17) is 4.74 Å². The Hall–Kier alpha value is -1.44. The summed E-state index contributed by atoms with van der Waals surface area (Å²) in [7, 11) is 1.90. The van der Waals surface area contributed by atoms with Gasteiger partial charge in [0.25, 0.3) is 0 Å². The van der Waals surface area contributed by atoms with E-state index in [9.17, 15) is 0 Å². The lowest BCUT2D eigenvalue weighted by Crippen LogP contribution is -1.99. The topological polar surface area (TPSA) is 21.3 Å². The summed E-state index contributed by atoms with van der Waals surface area (Å²) in [5.74, 6) is 0.888. The zero-order valence-corrected chi connectivity index (χ0v) is 8.84. The molecule has 0 radical (unpaired) electrons. The van der Waals surface area contributed by atoms with Crippen LogP contribution in [0.4, 0.5) is 5.69 Å². The normalized spacial score (nSPS) is 9.57.